The molecular formula is C15H16N2OS2. The smallest absolute Gasteiger partial charge is 0.224 e. The average molecular weight is 304 g/mol. The zero-order valence-electron chi connectivity index (χ0n) is 11.3. The van der Waals surface area contributed by atoms with Crippen LogP contribution in [0.5, 0.6) is 0 Å². The SMILES string of the molecule is Cc1ccc(C2SCCC(=O)N2Cc2cccnc2)s1. The zero-order chi connectivity index (χ0) is 13.9. The summed E-state index contributed by atoms with van der Waals surface area (Å²) in [5.74, 6) is 1.15. The van der Waals surface area contributed by atoms with Crippen LogP contribution in [0.2, 0.25) is 0 Å². The van der Waals surface area contributed by atoms with E-state index < -0.39 is 0 Å². The summed E-state index contributed by atoms with van der Waals surface area (Å²) in [6.45, 7) is 2.75. The number of nitrogens with zero attached hydrogens (tertiary/aromatic N) is 2. The van der Waals surface area contributed by atoms with Crippen LogP contribution in [-0.2, 0) is 11.3 Å². The topological polar surface area (TPSA) is 33.2 Å². The van der Waals surface area contributed by atoms with Gasteiger partial charge in [-0.2, -0.15) is 0 Å². The molecule has 0 radical (unpaired) electrons. The largest absolute Gasteiger partial charge is 0.321 e. The number of aromatic nitrogens is 1. The van der Waals surface area contributed by atoms with Crippen molar-refractivity contribution in [3.63, 3.8) is 0 Å². The molecular weight excluding hydrogens is 288 g/mol. The van der Waals surface area contributed by atoms with Crippen molar-refractivity contribution in [3.05, 3.63) is 52.0 Å². The maximum absolute atomic E-state index is 12.3. The maximum Gasteiger partial charge on any atom is 0.224 e. The van der Waals surface area contributed by atoms with Gasteiger partial charge in [-0.25, -0.2) is 0 Å². The first-order valence-electron chi connectivity index (χ1n) is 6.60. The second-order valence-electron chi connectivity index (χ2n) is 4.80. The maximum atomic E-state index is 12.3. The molecule has 1 aliphatic heterocycles. The number of amides is 1. The van der Waals surface area contributed by atoms with E-state index in [0.717, 1.165) is 11.3 Å². The monoisotopic (exact) mass is 304 g/mol. The average Bonchev–Trinajstić information content (AvgIpc) is 2.89. The van der Waals surface area contributed by atoms with Crippen LogP contribution in [0.4, 0.5) is 0 Å². The Morgan fingerprint density at radius 3 is 3.00 bits per heavy atom. The molecule has 0 aromatic carbocycles. The summed E-state index contributed by atoms with van der Waals surface area (Å²) in [5.41, 5.74) is 1.08. The number of hydrogen-bond acceptors (Lipinski definition) is 4. The van der Waals surface area contributed by atoms with E-state index in [4.69, 9.17) is 0 Å². The number of thioether (sulfide) groups is 1. The quantitative estimate of drug-likeness (QED) is 0.868. The molecule has 1 amide bonds. The molecule has 0 N–H and O–H groups in total. The lowest BCUT2D eigenvalue weighted by molar-refractivity contribution is -0.132. The Morgan fingerprint density at radius 1 is 1.40 bits per heavy atom. The summed E-state index contributed by atoms with van der Waals surface area (Å²) in [5, 5.41) is 0.148. The van der Waals surface area contributed by atoms with E-state index in [-0.39, 0.29) is 11.3 Å². The first kappa shape index (κ1) is 13.6. The second kappa shape index (κ2) is 5.97. The molecule has 1 fully saturated rings. The predicted octanol–water partition coefficient (Wildman–Crippen LogP) is 3.62. The summed E-state index contributed by atoms with van der Waals surface area (Å²) in [4.78, 5) is 21.0. The Labute approximate surface area is 127 Å². The van der Waals surface area contributed by atoms with Crippen molar-refractivity contribution in [2.75, 3.05) is 5.75 Å². The lowest BCUT2D eigenvalue weighted by Gasteiger charge is -2.34. The molecule has 2 aromatic rings. The van der Waals surface area contributed by atoms with Gasteiger partial charge in [0.2, 0.25) is 5.91 Å². The molecule has 1 aliphatic rings. The fraction of sp³-hybridized carbons (Fsp3) is 0.333. The van der Waals surface area contributed by atoms with Gasteiger partial charge in [0.15, 0.2) is 0 Å². The van der Waals surface area contributed by atoms with Crippen LogP contribution in [-0.4, -0.2) is 21.5 Å². The van der Waals surface area contributed by atoms with Crippen molar-refractivity contribution in [3.8, 4) is 0 Å². The molecule has 1 unspecified atom stereocenters. The molecule has 2 aromatic heterocycles. The highest BCUT2D eigenvalue weighted by Gasteiger charge is 2.30. The van der Waals surface area contributed by atoms with Crippen molar-refractivity contribution in [1.29, 1.82) is 0 Å². The van der Waals surface area contributed by atoms with E-state index in [1.807, 2.05) is 35.0 Å². The standard InChI is InChI=1S/C15H16N2OS2/c1-11-4-5-13(20-11)15-17(14(18)6-8-19-15)10-12-3-2-7-16-9-12/h2-5,7,9,15H,6,8,10H2,1H3. The van der Waals surface area contributed by atoms with Gasteiger partial charge in [-0.3, -0.25) is 9.78 Å². The lowest BCUT2D eigenvalue weighted by atomic mass is 10.2. The van der Waals surface area contributed by atoms with Crippen molar-refractivity contribution < 1.29 is 4.79 Å². The highest BCUT2D eigenvalue weighted by Crippen LogP contribution is 2.40. The van der Waals surface area contributed by atoms with Gasteiger partial charge in [-0.1, -0.05) is 6.07 Å². The van der Waals surface area contributed by atoms with Gasteiger partial charge in [0.25, 0.3) is 0 Å². The Balaban J connectivity index is 1.85. The number of rotatable bonds is 3. The molecule has 0 saturated carbocycles. The van der Waals surface area contributed by atoms with Gasteiger partial charge in [-0.05, 0) is 30.7 Å². The van der Waals surface area contributed by atoms with Gasteiger partial charge in [-0.15, -0.1) is 23.1 Å². The number of carbonyl (C=O) groups is 1. The summed E-state index contributed by atoms with van der Waals surface area (Å²) in [6.07, 6.45) is 4.23. The number of aryl methyl sites for hydroxylation is 1. The van der Waals surface area contributed by atoms with E-state index in [9.17, 15) is 4.79 Å². The van der Waals surface area contributed by atoms with Crippen LogP contribution in [0, 0.1) is 6.92 Å². The Bertz CT molecular complexity index is 597. The minimum Gasteiger partial charge on any atom is -0.321 e. The van der Waals surface area contributed by atoms with Crippen molar-refractivity contribution in [1.82, 2.24) is 9.88 Å². The number of carbonyl (C=O) groups excluding carboxylic acids is 1. The molecule has 0 spiro atoms. The van der Waals surface area contributed by atoms with E-state index in [1.165, 1.54) is 9.75 Å². The van der Waals surface area contributed by atoms with Crippen molar-refractivity contribution >= 4 is 29.0 Å². The third kappa shape index (κ3) is 2.88. The van der Waals surface area contributed by atoms with Crippen molar-refractivity contribution in [2.24, 2.45) is 0 Å². The van der Waals surface area contributed by atoms with Crippen LogP contribution < -0.4 is 0 Å². The Kier molecular flexibility index (Phi) is 4.08. The van der Waals surface area contributed by atoms with Crippen LogP contribution in [0.15, 0.2) is 36.7 Å². The highest BCUT2D eigenvalue weighted by atomic mass is 32.2. The van der Waals surface area contributed by atoms with Gasteiger partial charge >= 0.3 is 0 Å². The minimum atomic E-state index is 0.148. The van der Waals surface area contributed by atoms with Gasteiger partial charge in [0, 0.05) is 40.9 Å². The second-order valence-corrected chi connectivity index (χ2v) is 7.31. The molecule has 1 atom stereocenters. The normalized spacial score (nSPS) is 19.4. The van der Waals surface area contributed by atoms with E-state index in [0.29, 0.717) is 13.0 Å². The summed E-state index contributed by atoms with van der Waals surface area (Å²) in [6, 6.07) is 8.21. The number of pyridine rings is 1. The molecule has 3 nitrogen and oxygen atoms in total. The summed E-state index contributed by atoms with van der Waals surface area (Å²) >= 11 is 3.64. The van der Waals surface area contributed by atoms with Crippen LogP contribution in [0.3, 0.4) is 0 Å². The first-order valence-corrected chi connectivity index (χ1v) is 8.47. The fourth-order valence-corrected chi connectivity index (χ4v) is 4.65. The van der Waals surface area contributed by atoms with Gasteiger partial charge < -0.3 is 4.90 Å². The number of hydrogen-bond donors (Lipinski definition) is 0. The van der Waals surface area contributed by atoms with E-state index in [2.05, 4.69) is 24.0 Å². The minimum absolute atomic E-state index is 0.148. The van der Waals surface area contributed by atoms with Crippen LogP contribution in [0.1, 0.15) is 27.1 Å². The number of thiophene rings is 1. The molecule has 104 valence electrons. The molecule has 3 heterocycles. The summed E-state index contributed by atoms with van der Waals surface area (Å²) < 4.78 is 0. The third-order valence-corrected chi connectivity index (χ3v) is 5.74. The summed E-state index contributed by atoms with van der Waals surface area (Å²) in [7, 11) is 0. The highest BCUT2D eigenvalue weighted by molar-refractivity contribution is 7.99. The van der Waals surface area contributed by atoms with Crippen molar-refractivity contribution in [2.45, 2.75) is 25.3 Å². The lowest BCUT2D eigenvalue weighted by Crippen LogP contribution is -2.36. The van der Waals surface area contributed by atoms with E-state index >= 15 is 0 Å². The zero-order valence-corrected chi connectivity index (χ0v) is 12.9. The van der Waals surface area contributed by atoms with Crippen LogP contribution in [0.25, 0.3) is 0 Å². The molecule has 0 aliphatic carbocycles. The van der Waals surface area contributed by atoms with Gasteiger partial charge in [0.1, 0.15) is 5.37 Å². The van der Waals surface area contributed by atoms with Gasteiger partial charge in [0.05, 0.1) is 0 Å². The van der Waals surface area contributed by atoms with Crippen LogP contribution >= 0.6 is 23.1 Å². The molecule has 5 heteroatoms. The molecule has 20 heavy (non-hydrogen) atoms. The Hall–Kier alpha value is -1.33. The molecule has 1 saturated heterocycles. The fourth-order valence-electron chi connectivity index (χ4n) is 2.30. The van der Waals surface area contributed by atoms with E-state index in [1.54, 1.807) is 17.5 Å². The predicted molar refractivity (Wildman–Crippen MR) is 83.7 cm³/mol. The molecule has 0 bridgehead atoms. The third-order valence-electron chi connectivity index (χ3n) is 3.28. The Morgan fingerprint density at radius 2 is 2.30 bits per heavy atom. The first-order chi connectivity index (χ1) is 9.74. The molecule has 3 rings (SSSR count).